The molecule has 2 rings (SSSR count). The largest absolute Gasteiger partial charge is 0.496 e. The van der Waals surface area contributed by atoms with Crippen molar-refractivity contribution in [1.29, 1.82) is 0 Å². The Morgan fingerprint density at radius 3 is 2.14 bits per heavy atom. The highest BCUT2D eigenvalue weighted by Gasteiger charge is 2.53. The molecule has 2 aliphatic heterocycles. The summed E-state index contributed by atoms with van der Waals surface area (Å²) in [7, 11) is -0.447. The molecule has 2 aliphatic rings. The Bertz CT molecular complexity index is 456. The van der Waals surface area contributed by atoms with Crippen molar-refractivity contribution in [2.24, 2.45) is 4.99 Å². The molecule has 0 radical (unpaired) electrons. The summed E-state index contributed by atoms with van der Waals surface area (Å²) < 4.78 is 17.8. The van der Waals surface area contributed by atoms with Crippen molar-refractivity contribution >= 4 is 24.9 Å². The lowest BCUT2D eigenvalue weighted by atomic mass is 9.76. The fourth-order valence-corrected chi connectivity index (χ4v) is 2.50. The minimum Gasteiger partial charge on any atom is -0.399 e. The zero-order valence-corrected chi connectivity index (χ0v) is 14.7. The van der Waals surface area contributed by atoms with Crippen LogP contribution in [0.3, 0.4) is 0 Å². The van der Waals surface area contributed by atoms with Crippen LogP contribution in [0.4, 0.5) is 0 Å². The van der Waals surface area contributed by atoms with Crippen molar-refractivity contribution < 1.29 is 14.0 Å². The Balaban J connectivity index is 2.18. The minimum atomic E-state index is -0.710. The summed E-state index contributed by atoms with van der Waals surface area (Å²) >= 11 is 6.57. The molecule has 0 amide bonds. The molecule has 21 heavy (non-hydrogen) atoms. The van der Waals surface area contributed by atoms with Crippen molar-refractivity contribution in [2.45, 2.75) is 76.9 Å². The molecule has 0 spiro atoms. The molecule has 2 heterocycles. The Kier molecular flexibility index (Phi) is 4.35. The number of allylic oxidation sites excluding steroid dienone is 1. The Hall–Kier alpha value is -0.355. The van der Waals surface area contributed by atoms with Gasteiger partial charge in [-0.15, -0.1) is 11.6 Å². The van der Waals surface area contributed by atoms with Crippen LogP contribution in [0.25, 0.3) is 0 Å². The third kappa shape index (κ3) is 3.36. The second-order valence-corrected chi connectivity index (χ2v) is 8.01. The summed E-state index contributed by atoms with van der Waals surface area (Å²) in [6.45, 7) is 13.9. The van der Waals surface area contributed by atoms with Crippen LogP contribution in [0.15, 0.2) is 16.5 Å². The van der Waals surface area contributed by atoms with Crippen molar-refractivity contribution in [3.8, 4) is 0 Å². The number of aliphatic imine (C=N–C) groups is 1. The molecule has 0 saturated carbocycles. The van der Waals surface area contributed by atoms with Gasteiger partial charge in [0.15, 0.2) is 6.23 Å². The average molecular weight is 314 g/mol. The first-order valence-corrected chi connectivity index (χ1v) is 7.78. The molecule has 6 heteroatoms. The molecule has 1 fully saturated rings. The first kappa shape index (κ1) is 17.0. The van der Waals surface area contributed by atoms with Crippen molar-refractivity contribution in [1.82, 2.24) is 0 Å². The normalized spacial score (nSPS) is 34.4. The first-order chi connectivity index (χ1) is 9.45. The highest BCUT2D eigenvalue weighted by molar-refractivity contribution is 6.60. The van der Waals surface area contributed by atoms with Gasteiger partial charge in [-0.2, -0.15) is 0 Å². The van der Waals surface area contributed by atoms with Crippen LogP contribution in [0.5, 0.6) is 0 Å². The van der Waals surface area contributed by atoms with E-state index in [1.54, 1.807) is 6.21 Å². The maximum atomic E-state index is 6.57. The summed E-state index contributed by atoms with van der Waals surface area (Å²) in [6, 6.07) is 0. The highest BCUT2D eigenvalue weighted by atomic mass is 35.5. The summed E-state index contributed by atoms with van der Waals surface area (Å²) in [5.41, 5.74) is 0.0930. The third-order valence-electron chi connectivity index (χ3n) is 4.22. The van der Waals surface area contributed by atoms with Gasteiger partial charge in [0.2, 0.25) is 0 Å². The lowest BCUT2D eigenvalue weighted by Gasteiger charge is -2.32. The van der Waals surface area contributed by atoms with E-state index in [1.807, 2.05) is 54.5 Å². The number of nitrogens with zero attached hydrogens (tertiary/aromatic N) is 1. The van der Waals surface area contributed by atoms with Gasteiger partial charge in [-0.05, 0) is 53.9 Å². The number of ether oxygens (including phenoxy) is 1. The van der Waals surface area contributed by atoms with Crippen molar-refractivity contribution in [3.63, 3.8) is 0 Å². The maximum absolute atomic E-state index is 6.57. The molecule has 0 aromatic heterocycles. The Morgan fingerprint density at radius 1 is 1.19 bits per heavy atom. The van der Waals surface area contributed by atoms with E-state index >= 15 is 0 Å². The average Bonchev–Trinajstić information content (AvgIpc) is 2.50. The number of alkyl halides is 1. The van der Waals surface area contributed by atoms with Crippen LogP contribution in [0.2, 0.25) is 0 Å². The monoisotopic (exact) mass is 313 g/mol. The topological polar surface area (TPSA) is 40.0 Å². The zero-order chi connectivity index (χ0) is 16.1. The van der Waals surface area contributed by atoms with E-state index in [1.165, 1.54) is 0 Å². The van der Waals surface area contributed by atoms with Gasteiger partial charge in [-0.1, -0.05) is 6.08 Å². The van der Waals surface area contributed by atoms with Gasteiger partial charge in [0.1, 0.15) is 4.87 Å². The molecular weight excluding hydrogens is 288 g/mol. The number of hydrogen-bond acceptors (Lipinski definition) is 4. The number of halogens is 1. The van der Waals surface area contributed by atoms with E-state index in [4.69, 9.17) is 25.6 Å². The number of hydrogen-bond donors (Lipinski definition) is 0. The van der Waals surface area contributed by atoms with Gasteiger partial charge in [-0.25, -0.2) is 0 Å². The molecule has 0 aliphatic carbocycles. The molecule has 2 unspecified atom stereocenters. The molecular formula is C15H25BClNO3. The SMILES string of the molecule is CC(C)OC1N=CC(B2OC(C)(C)C(C)(C)O2)=CC1(C)Cl. The number of dihydropyridines is 1. The van der Waals surface area contributed by atoms with E-state index in [0.717, 1.165) is 5.47 Å². The summed E-state index contributed by atoms with van der Waals surface area (Å²) in [5.74, 6) is 0. The second-order valence-electron chi connectivity index (χ2n) is 7.20. The molecule has 4 nitrogen and oxygen atoms in total. The Labute approximate surface area is 133 Å². The zero-order valence-electron chi connectivity index (χ0n) is 13.9. The fraction of sp³-hybridized carbons (Fsp3) is 0.800. The molecule has 0 aromatic rings. The minimum absolute atomic E-state index is 0.0667. The highest BCUT2D eigenvalue weighted by Crippen LogP contribution is 2.40. The lowest BCUT2D eigenvalue weighted by Crippen LogP contribution is -2.41. The van der Waals surface area contributed by atoms with E-state index in [-0.39, 0.29) is 17.3 Å². The maximum Gasteiger partial charge on any atom is 0.496 e. The summed E-state index contributed by atoms with van der Waals surface area (Å²) in [4.78, 5) is 3.73. The Morgan fingerprint density at radius 2 is 1.71 bits per heavy atom. The van der Waals surface area contributed by atoms with Gasteiger partial charge < -0.3 is 14.0 Å². The standard InChI is InChI=1S/C15H25BClNO3/c1-10(2)19-12-15(7,17)8-11(9-18-12)16-20-13(3,4)14(5,6)21-16/h8-10,12H,1-7H3. The van der Waals surface area contributed by atoms with Gasteiger partial charge in [0.05, 0.1) is 17.3 Å². The first-order valence-electron chi connectivity index (χ1n) is 7.40. The van der Waals surface area contributed by atoms with Crippen LogP contribution in [-0.2, 0) is 14.0 Å². The predicted molar refractivity (Wildman–Crippen MR) is 86.9 cm³/mol. The quantitative estimate of drug-likeness (QED) is 0.592. The molecule has 118 valence electrons. The van der Waals surface area contributed by atoms with Crippen LogP contribution < -0.4 is 0 Å². The van der Waals surface area contributed by atoms with Crippen LogP contribution in [0, 0.1) is 0 Å². The molecule has 0 aromatic carbocycles. The summed E-state index contributed by atoms with van der Waals surface area (Å²) in [6.07, 6.45) is 3.35. The third-order valence-corrected chi connectivity index (χ3v) is 4.51. The number of rotatable bonds is 3. The predicted octanol–water partition coefficient (Wildman–Crippen LogP) is 3.38. The smallest absolute Gasteiger partial charge is 0.399 e. The van der Waals surface area contributed by atoms with Gasteiger partial charge in [0.25, 0.3) is 0 Å². The van der Waals surface area contributed by atoms with Gasteiger partial charge in [0, 0.05) is 6.21 Å². The van der Waals surface area contributed by atoms with Gasteiger partial charge >= 0.3 is 7.12 Å². The van der Waals surface area contributed by atoms with Crippen LogP contribution in [-0.4, -0.2) is 41.7 Å². The van der Waals surface area contributed by atoms with E-state index in [2.05, 4.69) is 4.99 Å². The van der Waals surface area contributed by atoms with Crippen molar-refractivity contribution in [3.05, 3.63) is 11.5 Å². The lowest BCUT2D eigenvalue weighted by molar-refractivity contribution is 0.000341. The van der Waals surface area contributed by atoms with E-state index in [9.17, 15) is 0 Å². The van der Waals surface area contributed by atoms with Crippen LogP contribution in [0.1, 0.15) is 48.5 Å². The molecule has 0 N–H and O–H groups in total. The van der Waals surface area contributed by atoms with Crippen molar-refractivity contribution in [2.75, 3.05) is 0 Å². The van der Waals surface area contributed by atoms with Gasteiger partial charge in [-0.3, -0.25) is 4.99 Å². The second kappa shape index (κ2) is 5.37. The fourth-order valence-electron chi connectivity index (χ4n) is 2.27. The molecule has 1 saturated heterocycles. The summed E-state index contributed by atoms with van der Waals surface area (Å²) in [5, 5.41) is 0. The van der Waals surface area contributed by atoms with E-state index in [0.29, 0.717) is 0 Å². The van der Waals surface area contributed by atoms with Crippen LogP contribution >= 0.6 is 11.6 Å². The molecule has 2 atom stereocenters. The molecule has 0 bridgehead atoms. The van der Waals surface area contributed by atoms with E-state index < -0.39 is 18.2 Å².